The van der Waals surface area contributed by atoms with Gasteiger partial charge in [-0.05, 0) is 25.0 Å². The Morgan fingerprint density at radius 3 is 2.47 bits per heavy atom. The molecule has 19 heavy (non-hydrogen) atoms. The van der Waals surface area contributed by atoms with Crippen molar-refractivity contribution < 1.29 is 13.3 Å². The maximum Gasteiger partial charge on any atom is 0.500 e. The molecule has 2 rings (SSSR count). The molecule has 1 saturated heterocycles. The normalized spacial score (nSPS) is 20.4. The molecule has 0 radical (unpaired) electrons. The van der Waals surface area contributed by atoms with E-state index >= 15 is 0 Å². The van der Waals surface area contributed by atoms with Gasteiger partial charge in [-0.15, -0.1) is 0 Å². The standard InChI is InChI=1S/C14H23NO3Si/c1-16-19(17-2)13-7-6-10-15(11-12-18-19)14-8-4-3-5-9-14/h3-5,8-9H,6-7,10-13H2,1-2H3. The lowest BCUT2D eigenvalue weighted by Gasteiger charge is -2.27. The molecule has 1 heterocycles. The molecule has 0 unspecified atom stereocenters. The van der Waals surface area contributed by atoms with E-state index in [4.69, 9.17) is 13.3 Å². The lowest BCUT2D eigenvalue weighted by molar-refractivity contribution is 0.102. The van der Waals surface area contributed by atoms with Crippen LogP contribution in [0.1, 0.15) is 12.8 Å². The minimum Gasteiger partial charge on any atom is -0.377 e. The third-order valence-corrected chi connectivity index (χ3v) is 6.44. The second-order valence-electron chi connectivity index (χ2n) is 4.72. The van der Waals surface area contributed by atoms with E-state index in [2.05, 4.69) is 29.2 Å². The number of rotatable bonds is 3. The van der Waals surface area contributed by atoms with Crippen molar-refractivity contribution in [3.8, 4) is 0 Å². The fourth-order valence-corrected chi connectivity index (χ4v) is 4.48. The van der Waals surface area contributed by atoms with Crippen LogP contribution in [0.3, 0.4) is 0 Å². The van der Waals surface area contributed by atoms with Crippen LogP contribution in [0, 0.1) is 0 Å². The molecule has 0 saturated carbocycles. The van der Waals surface area contributed by atoms with E-state index in [1.165, 1.54) is 5.69 Å². The number of hydrogen-bond donors (Lipinski definition) is 0. The van der Waals surface area contributed by atoms with Crippen molar-refractivity contribution in [1.29, 1.82) is 0 Å². The van der Waals surface area contributed by atoms with E-state index in [0.717, 1.165) is 32.0 Å². The summed E-state index contributed by atoms with van der Waals surface area (Å²) in [6.07, 6.45) is 2.22. The van der Waals surface area contributed by atoms with Gasteiger partial charge in [0.25, 0.3) is 0 Å². The van der Waals surface area contributed by atoms with E-state index in [0.29, 0.717) is 6.61 Å². The molecule has 0 aromatic heterocycles. The van der Waals surface area contributed by atoms with Gasteiger partial charge in [-0.2, -0.15) is 0 Å². The first kappa shape index (κ1) is 14.5. The molecule has 1 aliphatic rings. The Kier molecular flexibility index (Phi) is 5.39. The summed E-state index contributed by atoms with van der Waals surface area (Å²) in [5.74, 6) is 0. The van der Waals surface area contributed by atoms with Crippen LogP contribution in [0.25, 0.3) is 0 Å². The summed E-state index contributed by atoms with van der Waals surface area (Å²) in [7, 11) is 0.991. The summed E-state index contributed by atoms with van der Waals surface area (Å²) >= 11 is 0. The fraction of sp³-hybridized carbons (Fsp3) is 0.571. The molecule has 1 aliphatic heterocycles. The van der Waals surface area contributed by atoms with Crippen LogP contribution in [0.4, 0.5) is 5.69 Å². The van der Waals surface area contributed by atoms with Gasteiger partial charge in [-0.3, -0.25) is 0 Å². The van der Waals surface area contributed by atoms with E-state index < -0.39 is 8.80 Å². The summed E-state index contributed by atoms with van der Waals surface area (Å²) < 4.78 is 17.0. The van der Waals surface area contributed by atoms with Crippen molar-refractivity contribution >= 4 is 14.5 Å². The average Bonchev–Trinajstić information content (AvgIpc) is 2.58. The van der Waals surface area contributed by atoms with Gasteiger partial charge < -0.3 is 18.2 Å². The van der Waals surface area contributed by atoms with Crippen LogP contribution in [0.5, 0.6) is 0 Å². The van der Waals surface area contributed by atoms with Crippen molar-refractivity contribution in [3.05, 3.63) is 30.3 Å². The molecule has 4 nitrogen and oxygen atoms in total. The molecule has 0 aliphatic carbocycles. The second kappa shape index (κ2) is 7.05. The summed E-state index contributed by atoms with van der Waals surface area (Å²) in [5.41, 5.74) is 1.26. The largest absolute Gasteiger partial charge is 0.500 e. The predicted molar refractivity (Wildman–Crippen MR) is 78.4 cm³/mol. The third-order valence-electron chi connectivity index (χ3n) is 3.59. The van der Waals surface area contributed by atoms with Gasteiger partial charge in [0.15, 0.2) is 0 Å². The third kappa shape index (κ3) is 3.79. The Hall–Kier alpha value is -0.883. The van der Waals surface area contributed by atoms with Gasteiger partial charge in [0.1, 0.15) is 0 Å². The summed E-state index contributed by atoms with van der Waals surface area (Å²) in [6.45, 7) is 2.60. The Morgan fingerprint density at radius 1 is 1.05 bits per heavy atom. The number of hydrogen-bond acceptors (Lipinski definition) is 4. The maximum absolute atomic E-state index is 5.95. The molecule has 0 spiro atoms. The van der Waals surface area contributed by atoms with Gasteiger partial charge in [-0.1, -0.05) is 18.2 Å². The molecule has 1 aromatic carbocycles. The van der Waals surface area contributed by atoms with E-state index in [-0.39, 0.29) is 0 Å². The zero-order chi connectivity index (χ0) is 13.6. The van der Waals surface area contributed by atoms with Crippen molar-refractivity contribution in [2.75, 3.05) is 38.8 Å². The van der Waals surface area contributed by atoms with Crippen LogP contribution in [-0.4, -0.2) is 42.7 Å². The first-order valence-electron chi connectivity index (χ1n) is 6.84. The van der Waals surface area contributed by atoms with Gasteiger partial charge in [0.05, 0.1) is 6.61 Å². The predicted octanol–water partition coefficient (Wildman–Crippen LogP) is 2.54. The highest BCUT2D eigenvalue weighted by Gasteiger charge is 2.38. The minimum absolute atomic E-state index is 0.656. The zero-order valence-corrected chi connectivity index (χ0v) is 12.8. The lowest BCUT2D eigenvalue weighted by Crippen LogP contribution is -2.44. The molecule has 0 atom stereocenters. The first-order chi connectivity index (χ1) is 9.29. The van der Waals surface area contributed by atoms with E-state index in [1.54, 1.807) is 14.2 Å². The highest BCUT2D eigenvalue weighted by atomic mass is 28.4. The van der Waals surface area contributed by atoms with Crippen molar-refractivity contribution in [2.45, 2.75) is 18.9 Å². The highest BCUT2D eigenvalue weighted by molar-refractivity contribution is 6.60. The van der Waals surface area contributed by atoms with Crippen LogP contribution in [0.2, 0.25) is 6.04 Å². The fourth-order valence-electron chi connectivity index (χ4n) is 2.44. The molecule has 1 fully saturated rings. The van der Waals surface area contributed by atoms with Gasteiger partial charge >= 0.3 is 8.80 Å². The van der Waals surface area contributed by atoms with Crippen molar-refractivity contribution in [2.24, 2.45) is 0 Å². The summed E-state index contributed by atoms with van der Waals surface area (Å²) in [4.78, 5) is 2.37. The van der Waals surface area contributed by atoms with Gasteiger partial charge in [0.2, 0.25) is 0 Å². The molecule has 0 amide bonds. The molecule has 5 heteroatoms. The number of para-hydroxylation sites is 1. The number of nitrogens with zero attached hydrogens (tertiary/aromatic N) is 1. The van der Waals surface area contributed by atoms with Crippen molar-refractivity contribution in [1.82, 2.24) is 0 Å². The zero-order valence-electron chi connectivity index (χ0n) is 11.8. The molecule has 1 aromatic rings. The van der Waals surface area contributed by atoms with Gasteiger partial charge in [0, 0.05) is 39.0 Å². The number of benzene rings is 1. The smallest absolute Gasteiger partial charge is 0.377 e. The summed E-state index contributed by atoms with van der Waals surface area (Å²) in [5, 5.41) is 0. The SMILES string of the molecule is CO[Si]1(OC)CCCCN(c2ccccc2)CCO1. The van der Waals surface area contributed by atoms with Crippen LogP contribution < -0.4 is 4.90 Å². The highest BCUT2D eigenvalue weighted by Crippen LogP contribution is 2.21. The van der Waals surface area contributed by atoms with Crippen LogP contribution in [0.15, 0.2) is 30.3 Å². The maximum atomic E-state index is 5.95. The quantitative estimate of drug-likeness (QED) is 0.797. The van der Waals surface area contributed by atoms with Crippen LogP contribution >= 0.6 is 0 Å². The van der Waals surface area contributed by atoms with Gasteiger partial charge in [-0.25, -0.2) is 0 Å². The molecule has 0 bridgehead atoms. The second-order valence-corrected chi connectivity index (χ2v) is 7.69. The number of anilines is 1. The molecule has 106 valence electrons. The Labute approximate surface area is 116 Å². The first-order valence-corrected chi connectivity index (χ1v) is 8.77. The van der Waals surface area contributed by atoms with Crippen LogP contribution in [-0.2, 0) is 13.3 Å². The van der Waals surface area contributed by atoms with E-state index in [9.17, 15) is 0 Å². The topological polar surface area (TPSA) is 30.9 Å². The monoisotopic (exact) mass is 281 g/mol. The van der Waals surface area contributed by atoms with Crippen molar-refractivity contribution in [3.63, 3.8) is 0 Å². The summed E-state index contributed by atoms with van der Waals surface area (Å²) in [6, 6.07) is 11.4. The Bertz CT molecular complexity index is 370. The Balaban J connectivity index is 2.01. The molecular formula is C14H23NO3Si. The lowest BCUT2D eigenvalue weighted by atomic mass is 10.2. The van der Waals surface area contributed by atoms with E-state index in [1.807, 2.05) is 6.07 Å². The average molecular weight is 281 g/mol. The molecule has 0 N–H and O–H groups in total. The Morgan fingerprint density at radius 2 is 1.79 bits per heavy atom. The minimum atomic E-state index is -2.40. The molecular weight excluding hydrogens is 258 g/mol.